The lowest BCUT2D eigenvalue weighted by atomic mass is 9.89. The van der Waals surface area contributed by atoms with Crippen LogP contribution in [-0.4, -0.2) is 248 Å². The van der Waals surface area contributed by atoms with Crippen molar-refractivity contribution in [3.8, 4) is 0 Å². The van der Waals surface area contributed by atoms with Crippen molar-refractivity contribution in [2.45, 2.75) is 218 Å². The van der Waals surface area contributed by atoms with E-state index in [0.29, 0.717) is 57.2 Å². The minimum atomic E-state index is -1.73. The number of nitrogens with one attached hydrogen (secondary N) is 8. The van der Waals surface area contributed by atoms with Crippen LogP contribution in [0.1, 0.15) is 138 Å². The number of methoxy groups -OCH3 is 2. The first-order valence-corrected chi connectivity index (χ1v) is 36.8. The minimum absolute atomic E-state index is 0.00972. The molecule has 0 spiro atoms. The van der Waals surface area contributed by atoms with Gasteiger partial charge >= 0.3 is 6.03 Å². The molecule has 0 aliphatic carbocycles. The van der Waals surface area contributed by atoms with E-state index in [0.717, 1.165) is 16.0 Å². The van der Waals surface area contributed by atoms with Crippen molar-refractivity contribution in [3.63, 3.8) is 0 Å². The molecule has 584 valence electrons. The number of amides is 13. The average molecular weight is 1470 g/mol. The molecule has 2 aromatic carbocycles. The van der Waals surface area contributed by atoms with Crippen LogP contribution >= 0.6 is 0 Å². The van der Waals surface area contributed by atoms with Crippen molar-refractivity contribution >= 4 is 76.7 Å². The Bertz CT molecular complexity index is 3240. The zero-order valence-electron chi connectivity index (χ0n) is 63.6. The molecule has 0 saturated carbocycles. The van der Waals surface area contributed by atoms with Crippen molar-refractivity contribution in [1.82, 2.24) is 56.8 Å². The maximum atomic E-state index is 14.7. The van der Waals surface area contributed by atoms with Crippen LogP contribution in [0.25, 0.3) is 0 Å². The van der Waals surface area contributed by atoms with Crippen LogP contribution in [0.2, 0.25) is 0 Å². The third-order valence-electron chi connectivity index (χ3n) is 20.0. The second-order valence-corrected chi connectivity index (χ2v) is 29.0. The van der Waals surface area contributed by atoms with Gasteiger partial charge in [-0.25, -0.2) is 4.79 Å². The van der Waals surface area contributed by atoms with E-state index in [4.69, 9.17) is 19.9 Å². The predicted octanol–water partition coefficient (Wildman–Crippen LogP) is 1.82. The first kappa shape index (κ1) is 87.2. The average Bonchev–Trinajstić information content (AvgIpc) is 1.79. The molecule has 105 heavy (non-hydrogen) atoms. The van der Waals surface area contributed by atoms with Gasteiger partial charge < -0.3 is 82.5 Å². The molecule has 15 atom stereocenters. The number of nitrogens with zero attached hydrogens (tertiary/aromatic N) is 4. The highest BCUT2D eigenvalue weighted by Crippen LogP contribution is 2.31. The lowest BCUT2D eigenvalue weighted by Crippen LogP contribution is -2.59. The number of anilines is 1. The number of hydrogen-bond donors (Lipinski definition) is 11. The molecule has 0 radical (unpaired) electrons. The molecule has 0 aromatic heterocycles. The van der Waals surface area contributed by atoms with Gasteiger partial charge in [0.25, 0.3) is 17.7 Å². The molecule has 0 bridgehead atoms. The molecule has 5 rings (SSSR count). The molecule has 3 heterocycles. The molecule has 30 heteroatoms. The third kappa shape index (κ3) is 25.7. The monoisotopic (exact) mass is 1470 g/mol. The largest absolute Gasteiger partial charge is 0.388 e. The van der Waals surface area contributed by atoms with Gasteiger partial charge in [0, 0.05) is 84.7 Å². The van der Waals surface area contributed by atoms with E-state index in [-0.39, 0.29) is 106 Å². The normalized spacial score (nSPS) is 20.1. The van der Waals surface area contributed by atoms with E-state index >= 15 is 0 Å². The van der Waals surface area contributed by atoms with Gasteiger partial charge in [0.2, 0.25) is 47.3 Å². The Kier molecular flexibility index (Phi) is 35.4. The van der Waals surface area contributed by atoms with Gasteiger partial charge in [-0.3, -0.25) is 62.5 Å². The van der Waals surface area contributed by atoms with Crippen molar-refractivity contribution < 1.29 is 82.0 Å². The van der Waals surface area contributed by atoms with Crippen LogP contribution < -0.4 is 48.3 Å². The number of rotatable bonds is 43. The predicted molar refractivity (Wildman–Crippen MR) is 393 cm³/mol. The lowest BCUT2D eigenvalue weighted by Gasteiger charge is -2.41. The molecule has 12 N–H and O–H groups in total. The summed E-state index contributed by atoms with van der Waals surface area (Å²) in [6.45, 7) is 17.3. The fourth-order valence-electron chi connectivity index (χ4n) is 13.8. The molecule has 13 amide bonds. The number of benzene rings is 2. The highest BCUT2D eigenvalue weighted by Gasteiger charge is 2.48. The minimum Gasteiger partial charge on any atom is -0.388 e. The summed E-state index contributed by atoms with van der Waals surface area (Å²) in [5.41, 5.74) is 7.19. The van der Waals surface area contributed by atoms with Crippen LogP contribution in [0.15, 0.2) is 66.7 Å². The standard InChI is InChI=1S/C75H117N13O17/c1-15-46(8)63(86(12)74(101)61(44(4)5)84-72(99)62(45(6)7)85(10)11)54(103-13)41-59(92)87-39-23-27-53(87)66(104-14)47(9)68(95)82-52(40-49-24-18-16-19-25-49)69(96)77-37-35-48-29-31-50(32-30-48)80-70(97)51(26-22-36-78-75(76)102)81-71(98)60(43(2)3)83-73(100)67-65(94)64(93)55(105-67)42-79-56(89)28-20-17-21-38-88-57(90)33-34-58(88)91/h16,18-19,24-25,29-34,43-47,51-55,60-67,93-94H,15,17,20-23,26-28,35-42H2,1-14H3,(H,77,96)(H,79,89)(H,80,97)(H,81,98)(H,82,95)(H,83,100)(H,84,99)(H3,76,78,102)/t46-,47+,51+,52?,53-,54+,55+,60?,61?,62?,63-,64?,65?,66+,67?/m0/s1. The van der Waals surface area contributed by atoms with Gasteiger partial charge in [-0.1, -0.05) is 118 Å². The summed E-state index contributed by atoms with van der Waals surface area (Å²) in [6, 6.07) is 9.32. The van der Waals surface area contributed by atoms with Crippen molar-refractivity contribution in [3.05, 3.63) is 77.9 Å². The van der Waals surface area contributed by atoms with Gasteiger partial charge in [0.15, 0.2) is 6.10 Å². The fraction of sp³-hybridized carbons (Fsp3) is 0.653. The maximum absolute atomic E-state index is 14.7. The SMILES string of the molecule is CC[C@H](C)[C@@H]([C@@H](CC(=O)N1CCC[C@H]1[C@H](OC)[C@@H](C)C(=O)NC(Cc1ccccc1)C(=O)NCCc1ccc(NC(=O)[C@@H](CCCNC(N)=O)NC(=O)C(NC(=O)C2O[C@H](CNC(=O)CCCCCN3C(=O)C=CC3=O)C(O)C2O)C(C)C)cc1)OC)N(C)C(=O)C(NC(=O)C(C(C)C)N(C)C)C(C)C. The van der Waals surface area contributed by atoms with Gasteiger partial charge in [0.05, 0.1) is 42.7 Å². The van der Waals surface area contributed by atoms with Crippen LogP contribution in [0, 0.1) is 29.6 Å². The summed E-state index contributed by atoms with van der Waals surface area (Å²) in [6.07, 6.45) is -1.22. The van der Waals surface area contributed by atoms with E-state index < -0.39 is 132 Å². The Morgan fingerprint density at radius 2 is 1.32 bits per heavy atom. The third-order valence-corrected chi connectivity index (χ3v) is 20.0. The number of ether oxygens (including phenoxy) is 3. The van der Waals surface area contributed by atoms with E-state index in [2.05, 4.69) is 42.5 Å². The molecule has 2 fully saturated rings. The summed E-state index contributed by atoms with van der Waals surface area (Å²) in [5.74, 6) is -6.98. The van der Waals surface area contributed by atoms with Gasteiger partial charge in [-0.15, -0.1) is 0 Å². The zero-order chi connectivity index (χ0) is 77.9. The number of likely N-dealkylation sites (N-methyl/N-ethyl adjacent to an activating group) is 2. The summed E-state index contributed by atoms with van der Waals surface area (Å²) in [4.78, 5) is 167. The summed E-state index contributed by atoms with van der Waals surface area (Å²) < 4.78 is 17.9. The highest BCUT2D eigenvalue weighted by molar-refractivity contribution is 6.12. The second-order valence-electron chi connectivity index (χ2n) is 29.0. The highest BCUT2D eigenvalue weighted by atomic mass is 16.5. The van der Waals surface area contributed by atoms with E-state index in [1.54, 1.807) is 61.9 Å². The Morgan fingerprint density at radius 3 is 1.91 bits per heavy atom. The fourth-order valence-corrected chi connectivity index (χ4v) is 13.8. The molecular formula is C75H117N13O17. The molecule has 30 nitrogen and oxygen atoms in total. The van der Waals surface area contributed by atoms with Crippen LogP contribution in [0.4, 0.5) is 10.5 Å². The number of urea groups is 1. The van der Waals surface area contributed by atoms with Crippen molar-refractivity contribution in [2.24, 2.45) is 35.3 Å². The Morgan fingerprint density at radius 1 is 0.676 bits per heavy atom. The number of aliphatic hydroxyl groups is 2. The molecule has 7 unspecified atom stereocenters. The number of imide groups is 1. The first-order valence-electron chi connectivity index (χ1n) is 36.8. The maximum Gasteiger partial charge on any atom is 0.312 e. The first-order chi connectivity index (χ1) is 49.7. The van der Waals surface area contributed by atoms with Crippen molar-refractivity contribution in [1.29, 1.82) is 0 Å². The molecule has 2 saturated heterocycles. The number of primary amides is 1. The van der Waals surface area contributed by atoms with Gasteiger partial charge in [-0.05, 0) is 106 Å². The smallest absolute Gasteiger partial charge is 0.312 e. The molecule has 3 aliphatic rings. The van der Waals surface area contributed by atoms with Crippen LogP contribution in [0.3, 0.4) is 0 Å². The number of nitrogens with two attached hydrogens (primary N) is 1. The number of carbonyl (C=O) groups excluding carboxylic acids is 12. The van der Waals surface area contributed by atoms with Crippen LogP contribution in [0.5, 0.6) is 0 Å². The Hall–Kier alpha value is -8.42. The second kappa shape index (κ2) is 42.7. The Labute approximate surface area is 617 Å². The number of unbranched alkanes of at least 4 members (excludes halogenated alkanes) is 2. The zero-order valence-corrected chi connectivity index (χ0v) is 63.6. The number of hydrogen-bond acceptors (Lipinski definition) is 18. The van der Waals surface area contributed by atoms with Crippen LogP contribution in [-0.2, 0) is 79.8 Å². The van der Waals surface area contributed by atoms with E-state index in [1.165, 1.54) is 26.4 Å². The molecule has 2 aromatic rings. The summed E-state index contributed by atoms with van der Waals surface area (Å²) in [7, 11) is 8.37. The summed E-state index contributed by atoms with van der Waals surface area (Å²) in [5, 5.41) is 43.9. The topological polar surface area (TPSA) is 408 Å². The number of carbonyl (C=O) groups is 12. The Balaban J connectivity index is 1.18. The van der Waals surface area contributed by atoms with E-state index in [9.17, 15) is 67.7 Å². The van der Waals surface area contributed by atoms with Gasteiger partial charge in [-0.2, -0.15) is 0 Å². The number of aliphatic hydroxyl groups excluding tert-OH is 2. The van der Waals surface area contributed by atoms with E-state index in [1.807, 2.05) is 90.9 Å². The van der Waals surface area contributed by atoms with Gasteiger partial charge in [0.1, 0.15) is 42.5 Å². The lowest BCUT2D eigenvalue weighted by molar-refractivity contribution is -0.148. The summed E-state index contributed by atoms with van der Waals surface area (Å²) >= 11 is 0. The van der Waals surface area contributed by atoms with Crippen molar-refractivity contribution in [2.75, 3.05) is 73.4 Å². The molecular weight excluding hydrogens is 1350 g/mol. The number of likely N-dealkylation sites (tertiary alicyclic amines) is 1. The molecule has 3 aliphatic heterocycles. The quantitative estimate of drug-likeness (QED) is 0.0333.